The second kappa shape index (κ2) is 27.5. The fourth-order valence-corrected chi connectivity index (χ4v) is 9.96. The minimum absolute atomic E-state index is 0.0455. The van der Waals surface area contributed by atoms with E-state index in [2.05, 4.69) is 83.6 Å². The molecule has 0 spiro atoms. The molecule has 2 aliphatic heterocycles. The van der Waals surface area contributed by atoms with Crippen LogP contribution in [0.2, 0.25) is 5.02 Å². The van der Waals surface area contributed by atoms with E-state index < -0.39 is 0 Å². The van der Waals surface area contributed by atoms with Crippen molar-refractivity contribution in [1.82, 2.24) is 60.6 Å². The van der Waals surface area contributed by atoms with Crippen molar-refractivity contribution < 1.29 is 33.1 Å². The van der Waals surface area contributed by atoms with Crippen LogP contribution in [0.3, 0.4) is 0 Å². The molecule has 0 saturated carbocycles. The van der Waals surface area contributed by atoms with E-state index in [4.69, 9.17) is 11.6 Å². The van der Waals surface area contributed by atoms with Gasteiger partial charge in [0.1, 0.15) is 23.7 Å². The van der Waals surface area contributed by atoms with Gasteiger partial charge in [-0.2, -0.15) is 15.2 Å². The Kier molecular flexibility index (Phi) is 19.9. The number of piperazine rings is 1. The van der Waals surface area contributed by atoms with Crippen molar-refractivity contribution in [2.24, 2.45) is 5.92 Å². The molecule has 23 heteroatoms. The van der Waals surface area contributed by atoms with Gasteiger partial charge in [-0.25, -0.2) is 9.37 Å². The fourth-order valence-electron chi connectivity index (χ4n) is 9.82. The van der Waals surface area contributed by atoms with Crippen LogP contribution >= 0.6 is 11.6 Å². The number of rotatable bonds is 21. The Balaban J connectivity index is 0.00000110. The van der Waals surface area contributed by atoms with E-state index in [-0.39, 0.29) is 49.1 Å². The van der Waals surface area contributed by atoms with E-state index in [9.17, 15) is 24.0 Å². The van der Waals surface area contributed by atoms with Gasteiger partial charge in [-0.3, -0.25) is 38.3 Å². The van der Waals surface area contributed by atoms with Crippen LogP contribution in [-0.4, -0.2) is 163 Å². The van der Waals surface area contributed by atoms with E-state index in [1.165, 1.54) is 19.4 Å². The highest BCUT2D eigenvalue weighted by Crippen LogP contribution is 2.36. The number of ether oxygens (including phenoxy) is 1. The number of anilines is 5. The van der Waals surface area contributed by atoms with Crippen molar-refractivity contribution in [1.29, 1.82) is 0 Å². The molecular weight excluding hydrogens is 1030 g/mol. The molecule has 3 amide bonds. The Morgan fingerprint density at radius 2 is 1.58 bits per heavy atom. The highest BCUT2D eigenvalue weighted by Gasteiger charge is 2.24. The quantitative estimate of drug-likeness (QED) is 0.0295. The largest absolute Gasteiger partial charge is 0.468 e. The Morgan fingerprint density at radius 3 is 2.30 bits per heavy atom. The molecule has 2 aliphatic rings. The molecule has 2 fully saturated rings. The molecule has 0 aliphatic carbocycles. The summed E-state index contributed by atoms with van der Waals surface area (Å²) in [4.78, 5) is 74.6. The summed E-state index contributed by atoms with van der Waals surface area (Å²) in [6.45, 7) is 9.89. The average Bonchev–Trinajstić information content (AvgIpc) is 4.16. The van der Waals surface area contributed by atoms with Crippen LogP contribution in [-0.2, 0) is 37.0 Å². The third-order valence-electron chi connectivity index (χ3n) is 13.9. The number of aldehydes is 1. The van der Waals surface area contributed by atoms with Gasteiger partial charge >= 0.3 is 5.97 Å². The number of para-hydroxylation sites is 1. The van der Waals surface area contributed by atoms with E-state index in [1.54, 1.807) is 43.2 Å². The molecule has 3 aromatic heterocycles. The normalized spacial score (nSPS) is 14.1. The number of carbonyl (C=O) groups excluding carboxylic acids is 5. The summed E-state index contributed by atoms with van der Waals surface area (Å²) >= 11 is 6.42. The van der Waals surface area contributed by atoms with Gasteiger partial charge in [0.05, 0.1) is 67.1 Å². The number of likely N-dealkylation sites (N-methyl/N-ethyl adjacent to an activating group) is 1. The Hall–Kier alpha value is -8.05. The van der Waals surface area contributed by atoms with Crippen LogP contribution in [0.25, 0.3) is 32.9 Å². The number of esters is 1. The standard InChI is InChI=1S/C52H58ClFN14O4.C4H9NO2/c1-34-49-39(8-5-10-45(49)68(63-34)33-48(71)57-18-26-69)41-28-46-36(27-43(41)54)29-59-67(46)31-35-15-20-65(21-16-35)32-47(70)56-17-6-19-64-22-24-66(25-23-64)38-13-11-37(12-14-38)60-52-58-30-42(53)50(62-52)61-44-9-4-3-7-40(44)51(72)55-2;1-5-3-4(6)7-2/h3-5,7-14,26-30,35H,6,15-25,31-33H2,1-2H3,(H,55,72)(H,56,70)(H,57,71)(H2,58,60,61,62);5H,3H2,1-2H3. The van der Waals surface area contributed by atoms with E-state index in [0.717, 1.165) is 92.7 Å². The van der Waals surface area contributed by atoms with Crippen molar-refractivity contribution in [2.75, 3.05) is 109 Å². The van der Waals surface area contributed by atoms with Crippen LogP contribution in [0.15, 0.2) is 91.3 Å². The van der Waals surface area contributed by atoms with Crippen LogP contribution in [0.5, 0.6) is 0 Å². The summed E-state index contributed by atoms with van der Waals surface area (Å²) in [5, 5.41) is 28.4. The lowest BCUT2D eigenvalue weighted by molar-refractivity contribution is -0.139. The maximum Gasteiger partial charge on any atom is 0.319 e. The first kappa shape index (κ1) is 57.1. The van der Waals surface area contributed by atoms with E-state index in [1.807, 2.05) is 54.1 Å². The van der Waals surface area contributed by atoms with Gasteiger partial charge in [-0.05, 0) is 119 Å². The number of fused-ring (bicyclic) bond motifs is 2. The van der Waals surface area contributed by atoms with Gasteiger partial charge in [0.15, 0.2) is 5.82 Å². The minimum atomic E-state index is -0.369. The molecule has 9 rings (SSSR count). The lowest BCUT2D eigenvalue weighted by atomic mass is 9.96. The van der Waals surface area contributed by atoms with Gasteiger partial charge in [-0.1, -0.05) is 35.9 Å². The van der Waals surface area contributed by atoms with Crippen molar-refractivity contribution in [3.8, 4) is 11.1 Å². The number of likely N-dealkylation sites (tertiary alicyclic amines) is 1. The van der Waals surface area contributed by atoms with Crippen molar-refractivity contribution in [3.05, 3.63) is 113 Å². The summed E-state index contributed by atoms with van der Waals surface area (Å²) in [5.74, 6) is -0.0293. The van der Waals surface area contributed by atoms with E-state index >= 15 is 4.39 Å². The predicted octanol–water partition coefficient (Wildman–Crippen LogP) is 5.53. The first-order chi connectivity index (χ1) is 38.3. The molecule has 0 unspecified atom stereocenters. The number of benzene rings is 4. The van der Waals surface area contributed by atoms with Gasteiger partial charge in [0.2, 0.25) is 17.8 Å². The first-order valence-corrected chi connectivity index (χ1v) is 26.7. The molecule has 6 N–H and O–H groups in total. The average molecular weight is 1100 g/mol. The maximum absolute atomic E-state index is 15.8. The molecule has 79 heavy (non-hydrogen) atoms. The second-order valence-electron chi connectivity index (χ2n) is 19.3. The summed E-state index contributed by atoms with van der Waals surface area (Å²) in [7, 11) is 4.63. The van der Waals surface area contributed by atoms with Gasteiger partial charge < -0.3 is 46.3 Å². The van der Waals surface area contributed by atoms with Crippen molar-refractivity contribution in [2.45, 2.75) is 39.3 Å². The molecule has 416 valence electrons. The topological polar surface area (TPSA) is 238 Å². The molecule has 21 nitrogen and oxygen atoms in total. The SMILES string of the molecule is CNC(=O)c1ccccc1Nc1nc(Nc2ccc(N3CCN(CCCNC(=O)CN4CCC(Cn5ncc6cc(F)c(-c7cccc8c7c(C)nn8CC(=O)NCC=O)cc65)CC4)CC3)cc2)ncc1Cl.CNCC(=O)OC. The zero-order chi connectivity index (χ0) is 55.8. The molecule has 7 aromatic rings. The van der Waals surface area contributed by atoms with Crippen LogP contribution < -0.4 is 36.8 Å². The highest BCUT2D eigenvalue weighted by molar-refractivity contribution is 6.33. The Morgan fingerprint density at radius 1 is 0.823 bits per heavy atom. The Bertz CT molecular complexity index is 3250. The lowest BCUT2D eigenvalue weighted by Gasteiger charge is -2.36. The molecule has 2 saturated heterocycles. The first-order valence-electron chi connectivity index (χ1n) is 26.3. The minimum Gasteiger partial charge on any atom is -0.468 e. The molecule has 0 bridgehead atoms. The van der Waals surface area contributed by atoms with Crippen molar-refractivity contribution >= 4 is 92.2 Å². The predicted molar refractivity (Wildman–Crippen MR) is 303 cm³/mol. The monoisotopic (exact) mass is 1100 g/mol. The number of aromatic nitrogens is 6. The summed E-state index contributed by atoms with van der Waals surface area (Å²) in [5.41, 5.74) is 6.31. The number of nitrogens with zero attached hydrogens (tertiary/aromatic N) is 9. The Labute approximate surface area is 462 Å². The zero-order valence-electron chi connectivity index (χ0n) is 44.9. The number of hydrogen-bond acceptors (Lipinski definition) is 16. The summed E-state index contributed by atoms with van der Waals surface area (Å²) < 4.78 is 23.6. The number of halogens is 2. The number of methoxy groups -OCH3 is 1. The zero-order valence-corrected chi connectivity index (χ0v) is 45.6. The van der Waals surface area contributed by atoms with Crippen molar-refractivity contribution in [3.63, 3.8) is 0 Å². The van der Waals surface area contributed by atoms with E-state index in [0.29, 0.717) is 82.2 Å². The number of amides is 3. The third-order valence-corrected chi connectivity index (χ3v) is 14.2. The lowest BCUT2D eigenvalue weighted by Crippen LogP contribution is -2.47. The number of carbonyl (C=O) groups is 5. The summed E-state index contributed by atoms with van der Waals surface area (Å²) in [6, 6.07) is 24.2. The fraction of sp³-hybridized carbons (Fsp3) is 0.375. The number of nitrogens with one attached hydrogen (secondary N) is 6. The van der Waals surface area contributed by atoms with Crippen LogP contribution in [0.1, 0.15) is 35.3 Å². The van der Waals surface area contributed by atoms with Gasteiger partial charge in [-0.15, -0.1) is 0 Å². The van der Waals surface area contributed by atoms with Gasteiger partial charge in [0, 0.05) is 74.0 Å². The molecule has 5 heterocycles. The smallest absolute Gasteiger partial charge is 0.319 e. The summed E-state index contributed by atoms with van der Waals surface area (Å²) in [6.07, 6.45) is 6.57. The van der Waals surface area contributed by atoms with Crippen LogP contribution in [0.4, 0.5) is 33.2 Å². The van der Waals surface area contributed by atoms with Gasteiger partial charge in [0.25, 0.3) is 5.91 Å². The number of piperidine rings is 1. The number of hydrogen-bond donors (Lipinski definition) is 6. The highest BCUT2D eigenvalue weighted by atomic mass is 35.5. The molecule has 0 radical (unpaired) electrons. The molecule has 0 atom stereocenters. The number of aryl methyl sites for hydroxylation is 1. The second-order valence-corrected chi connectivity index (χ2v) is 19.7. The maximum atomic E-state index is 15.8. The third kappa shape index (κ3) is 15.0. The molecular formula is C56H67ClFN15O6. The molecule has 4 aromatic carbocycles. The van der Waals surface area contributed by atoms with Crippen LogP contribution in [0, 0.1) is 18.7 Å².